The van der Waals surface area contributed by atoms with Gasteiger partial charge >= 0.3 is 6.09 Å². The number of carbonyl (C=O) groups is 1. The van der Waals surface area contributed by atoms with Gasteiger partial charge in [0.05, 0.1) is 31.4 Å². The first kappa shape index (κ1) is 17.4. The molecule has 1 aromatic heterocycles. The maximum atomic E-state index is 11.2. The van der Waals surface area contributed by atoms with E-state index in [0.717, 1.165) is 33.6 Å². The maximum absolute atomic E-state index is 11.2. The Labute approximate surface area is 161 Å². The van der Waals surface area contributed by atoms with E-state index >= 15 is 0 Å². The summed E-state index contributed by atoms with van der Waals surface area (Å²) in [6, 6.07) is 15.3. The van der Waals surface area contributed by atoms with E-state index in [2.05, 4.69) is 10.6 Å². The monoisotopic (exact) mass is 383 g/mol. The number of ether oxygens (including phenoxy) is 2. The van der Waals surface area contributed by atoms with Crippen molar-refractivity contribution in [3.63, 3.8) is 0 Å². The van der Waals surface area contributed by atoms with E-state index < -0.39 is 0 Å². The number of halogens is 1. The second-order valence-corrected chi connectivity index (χ2v) is 6.67. The van der Waals surface area contributed by atoms with Gasteiger partial charge in [0, 0.05) is 27.7 Å². The highest BCUT2D eigenvalue weighted by molar-refractivity contribution is 6.30. The minimum absolute atomic E-state index is 0.210. The Morgan fingerprint density at radius 1 is 1.26 bits per heavy atom. The molecular formula is C20H18ClN3O3. The lowest BCUT2D eigenvalue weighted by molar-refractivity contribution is 0.145. The van der Waals surface area contributed by atoms with Gasteiger partial charge in [-0.05, 0) is 30.3 Å². The SMILES string of the molecule is COc1ccc2c(NCC3CNC(=O)O3)cc(-c3ccc(Cl)cc3)nc2c1. The lowest BCUT2D eigenvalue weighted by Gasteiger charge is -2.15. The highest BCUT2D eigenvalue weighted by Gasteiger charge is 2.22. The number of fused-ring (bicyclic) bond motifs is 1. The Morgan fingerprint density at radius 3 is 2.78 bits per heavy atom. The molecule has 0 saturated carbocycles. The third kappa shape index (κ3) is 3.75. The van der Waals surface area contributed by atoms with Crippen molar-refractivity contribution in [3.05, 3.63) is 53.6 Å². The van der Waals surface area contributed by atoms with Crippen LogP contribution in [0.25, 0.3) is 22.2 Å². The van der Waals surface area contributed by atoms with Gasteiger partial charge in [-0.2, -0.15) is 0 Å². The number of benzene rings is 2. The fourth-order valence-electron chi connectivity index (χ4n) is 3.02. The van der Waals surface area contributed by atoms with Gasteiger partial charge in [0.2, 0.25) is 0 Å². The molecule has 1 aliphatic heterocycles. The lowest BCUT2D eigenvalue weighted by Crippen LogP contribution is -2.23. The highest BCUT2D eigenvalue weighted by atomic mass is 35.5. The predicted octanol–water partition coefficient (Wildman–Crippen LogP) is 4.08. The Morgan fingerprint density at radius 2 is 2.07 bits per heavy atom. The number of rotatable bonds is 5. The molecule has 2 heterocycles. The quantitative estimate of drug-likeness (QED) is 0.694. The molecular weight excluding hydrogens is 366 g/mol. The summed E-state index contributed by atoms with van der Waals surface area (Å²) >= 11 is 6.00. The largest absolute Gasteiger partial charge is 0.497 e. The van der Waals surface area contributed by atoms with Crippen LogP contribution in [0.2, 0.25) is 5.02 Å². The van der Waals surface area contributed by atoms with Crippen LogP contribution in [0.3, 0.4) is 0 Å². The van der Waals surface area contributed by atoms with E-state index in [-0.39, 0.29) is 12.2 Å². The summed E-state index contributed by atoms with van der Waals surface area (Å²) < 4.78 is 10.5. The van der Waals surface area contributed by atoms with Crippen LogP contribution in [0.15, 0.2) is 48.5 Å². The second-order valence-electron chi connectivity index (χ2n) is 6.23. The smallest absolute Gasteiger partial charge is 0.407 e. The van der Waals surface area contributed by atoms with Crippen molar-refractivity contribution in [1.29, 1.82) is 0 Å². The molecule has 0 radical (unpaired) electrons. The van der Waals surface area contributed by atoms with E-state index in [1.165, 1.54) is 0 Å². The number of nitrogens with zero attached hydrogens (tertiary/aromatic N) is 1. The van der Waals surface area contributed by atoms with Crippen LogP contribution in [0.5, 0.6) is 5.75 Å². The fourth-order valence-corrected chi connectivity index (χ4v) is 3.15. The Bertz CT molecular complexity index is 992. The van der Waals surface area contributed by atoms with Crippen LogP contribution in [-0.2, 0) is 4.74 Å². The topological polar surface area (TPSA) is 72.5 Å². The number of pyridine rings is 1. The van der Waals surface area contributed by atoms with Gasteiger partial charge in [0.25, 0.3) is 0 Å². The summed E-state index contributed by atoms with van der Waals surface area (Å²) in [4.78, 5) is 16.0. The Kier molecular flexibility index (Phi) is 4.73. The van der Waals surface area contributed by atoms with E-state index in [1.54, 1.807) is 7.11 Å². The van der Waals surface area contributed by atoms with Crippen LogP contribution in [0.4, 0.5) is 10.5 Å². The number of carbonyl (C=O) groups excluding carboxylic acids is 1. The van der Waals surface area contributed by atoms with E-state index in [4.69, 9.17) is 26.1 Å². The van der Waals surface area contributed by atoms with Gasteiger partial charge in [0.1, 0.15) is 11.9 Å². The summed E-state index contributed by atoms with van der Waals surface area (Å²) in [5.74, 6) is 0.739. The number of cyclic esters (lactones) is 1. The molecule has 2 N–H and O–H groups in total. The highest BCUT2D eigenvalue weighted by Crippen LogP contribution is 2.31. The van der Waals surface area contributed by atoms with Crippen molar-refractivity contribution < 1.29 is 14.3 Å². The molecule has 1 atom stereocenters. The van der Waals surface area contributed by atoms with Crippen LogP contribution in [0, 0.1) is 0 Å². The summed E-state index contributed by atoms with van der Waals surface area (Å²) in [7, 11) is 1.63. The van der Waals surface area contributed by atoms with Gasteiger partial charge < -0.3 is 20.1 Å². The zero-order valence-corrected chi connectivity index (χ0v) is 15.4. The van der Waals surface area contributed by atoms with E-state index in [1.807, 2.05) is 48.5 Å². The molecule has 6 nitrogen and oxygen atoms in total. The number of amides is 1. The number of methoxy groups -OCH3 is 1. The third-order valence-electron chi connectivity index (χ3n) is 4.42. The minimum Gasteiger partial charge on any atom is -0.497 e. The van der Waals surface area contributed by atoms with Crippen molar-refractivity contribution in [2.45, 2.75) is 6.10 Å². The maximum Gasteiger partial charge on any atom is 0.407 e. The van der Waals surface area contributed by atoms with Crippen LogP contribution >= 0.6 is 11.6 Å². The van der Waals surface area contributed by atoms with Gasteiger partial charge in [-0.25, -0.2) is 9.78 Å². The Balaban J connectivity index is 1.72. The Hall–Kier alpha value is -2.99. The van der Waals surface area contributed by atoms with Gasteiger partial charge in [-0.15, -0.1) is 0 Å². The third-order valence-corrected chi connectivity index (χ3v) is 4.68. The van der Waals surface area contributed by atoms with E-state index in [9.17, 15) is 4.79 Å². The molecule has 4 rings (SSSR count). The molecule has 1 unspecified atom stereocenters. The van der Waals surface area contributed by atoms with Gasteiger partial charge in [0.15, 0.2) is 0 Å². The van der Waals surface area contributed by atoms with E-state index in [0.29, 0.717) is 18.1 Å². The number of aromatic nitrogens is 1. The predicted molar refractivity (Wildman–Crippen MR) is 106 cm³/mol. The molecule has 27 heavy (non-hydrogen) atoms. The van der Waals surface area contributed by atoms with Crippen molar-refractivity contribution in [2.75, 3.05) is 25.5 Å². The molecule has 7 heteroatoms. The number of hydrogen-bond acceptors (Lipinski definition) is 5. The molecule has 0 aliphatic carbocycles. The van der Waals surface area contributed by atoms with Crippen LogP contribution < -0.4 is 15.4 Å². The van der Waals surface area contributed by atoms with Crippen molar-refractivity contribution in [3.8, 4) is 17.0 Å². The molecule has 0 bridgehead atoms. The summed E-state index contributed by atoms with van der Waals surface area (Å²) in [6.07, 6.45) is -0.592. The number of nitrogens with one attached hydrogen (secondary N) is 2. The molecule has 1 fully saturated rings. The summed E-state index contributed by atoms with van der Waals surface area (Å²) in [5.41, 5.74) is 3.50. The summed E-state index contributed by atoms with van der Waals surface area (Å²) in [6.45, 7) is 0.997. The van der Waals surface area contributed by atoms with Gasteiger partial charge in [-0.3, -0.25) is 0 Å². The molecule has 1 saturated heterocycles. The zero-order chi connectivity index (χ0) is 18.8. The standard InChI is InChI=1S/C20H18ClN3O3/c1-26-14-6-7-16-18(22-10-15-11-23-20(25)27-15)9-17(24-19(16)8-14)12-2-4-13(21)5-3-12/h2-9,15H,10-11H2,1H3,(H,22,24)(H,23,25). The van der Waals surface area contributed by atoms with Gasteiger partial charge in [-0.1, -0.05) is 23.7 Å². The average Bonchev–Trinajstić information content (AvgIpc) is 3.11. The normalized spacial score (nSPS) is 16.1. The zero-order valence-electron chi connectivity index (χ0n) is 14.7. The van der Waals surface area contributed by atoms with Crippen LogP contribution in [0.1, 0.15) is 0 Å². The second kappa shape index (κ2) is 7.32. The summed E-state index contributed by atoms with van der Waals surface area (Å²) in [5, 5.41) is 7.68. The van der Waals surface area contributed by atoms with Crippen molar-refractivity contribution >= 4 is 34.3 Å². The fraction of sp³-hybridized carbons (Fsp3) is 0.200. The number of alkyl carbamates (subject to hydrolysis) is 1. The first-order chi connectivity index (χ1) is 13.1. The minimum atomic E-state index is -0.382. The van der Waals surface area contributed by atoms with Crippen LogP contribution in [-0.4, -0.2) is 37.4 Å². The molecule has 1 aliphatic rings. The average molecular weight is 384 g/mol. The van der Waals surface area contributed by atoms with Crippen molar-refractivity contribution in [2.24, 2.45) is 0 Å². The molecule has 0 spiro atoms. The molecule has 2 aromatic carbocycles. The first-order valence-corrected chi connectivity index (χ1v) is 8.93. The molecule has 138 valence electrons. The molecule has 1 amide bonds. The number of anilines is 1. The lowest BCUT2D eigenvalue weighted by atomic mass is 10.1. The van der Waals surface area contributed by atoms with Crippen molar-refractivity contribution in [1.82, 2.24) is 10.3 Å². The first-order valence-electron chi connectivity index (χ1n) is 8.55. The molecule has 3 aromatic rings. The number of hydrogen-bond donors (Lipinski definition) is 2.